The Hall–Kier alpha value is -1.06. The molecule has 0 atom stereocenters. The van der Waals surface area contributed by atoms with Gasteiger partial charge < -0.3 is 0 Å². The zero-order chi connectivity index (χ0) is 11.6. The lowest BCUT2D eigenvalue weighted by molar-refractivity contribution is 0.0279. The van der Waals surface area contributed by atoms with E-state index in [4.69, 9.17) is 0 Å². The molecule has 3 heteroatoms. The summed E-state index contributed by atoms with van der Waals surface area (Å²) < 4.78 is 0. The van der Waals surface area contributed by atoms with Gasteiger partial charge in [0.15, 0.2) is 0 Å². The van der Waals surface area contributed by atoms with Crippen molar-refractivity contribution in [3.63, 3.8) is 0 Å². The lowest BCUT2D eigenvalue weighted by atomic mass is 9.93. The lowest BCUT2D eigenvalue weighted by Crippen LogP contribution is -2.16. The van der Waals surface area contributed by atoms with E-state index < -0.39 is 0 Å². The molecule has 0 bridgehead atoms. The minimum atomic E-state index is 0.241. The molecule has 0 aliphatic carbocycles. The normalized spacial score (nSPS) is 11.2. The molecule has 1 aromatic rings. The van der Waals surface area contributed by atoms with E-state index in [0.717, 1.165) is 11.1 Å². The molecule has 0 saturated heterocycles. The third-order valence-corrected chi connectivity index (χ3v) is 2.54. The molecular weight excluding hydrogens is 190 g/mol. The molecule has 0 fully saturated rings. The van der Waals surface area contributed by atoms with Gasteiger partial charge in [-0.05, 0) is 23.0 Å². The van der Waals surface area contributed by atoms with Crippen LogP contribution in [0.15, 0.2) is 18.2 Å². The van der Waals surface area contributed by atoms with Crippen molar-refractivity contribution in [1.29, 1.82) is 0 Å². The first kappa shape index (κ1) is 12.0. The summed E-state index contributed by atoms with van der Waals surface area (Å²) >= 11 is 0. The first-order chi connectivity index (χ1) is 6.95. The fourth-order valence-electron chi connectivity index (χ4n) is 1.74. The minimum absolute atomic E-state index is 0.241. The van der Waals surface area contributed by atoms with Gasteiger partial charge in [-0.15, -0.1) is 5.23 Å². The minimum Gasteiger partial charge on any atom is -0.264 e. The summed E-state index contributed by atoms with van der Waals surface area (Å²) in [7, 11) is 0. The predicted molar refractivity (Wildman–Crippen MR) is 60.7 cm³/mol. The maximum atomic E-state index is 9.27. The summed E-state index contributed by atoms with van der Waals surface area (Å²) in [5.41, 5.74) is 2.42. The molecule has 1 rings (SSSR count). The Kier molecular flexibility index (Phi) is 3.72. The van der Waals surface area contributed by atoms with Crippen LogP contribution in [0.25, 0.3) is 0 Å². The number of hydrogen-bond donors (Lipinski definition) is 2. The van der Waals surface area contributed by atoms with E-state index in [0.29, 0.717) is 5.69 Å². The molecule has 0 aromatic heterocycles. The van der Waals surface area contributed by atoms with Crippen LogP contribution in [0.5, 0.6) is 0 Å². The Balaban J connectivity index is 3.35. The standard InChI is InChI=1S/C12H19NO2/c1-8(2)10-6-5-7-11(9(3)4)12(10)13(14)15/h5-9,14-15H,1-4H3. The summed E-state index contributed by atoms with van der Waals surface area (Å²) in [4.78, 5) is 0. The molecule has 0 aliphatic heterocycles. The van der Waals surface area contributed by atoms with Gasteiger partial charge in [0.05, 0.1) is 0 Å². The number of nitrogens with zero attached hydrogens (tertiary/aromatic N) is 1. The monoisotopic (exact) mass is 209 g/mol. The van der Waals surface area contributed by atoms with Crippen LogP contribution < -0.4 is 5.23 Å². The van der Waals surface area contributed by atoms with Gasteiger partial charge >= 0.3 is 0 Å². The van der Waals surface area contributed by atoms with E-state index in [1.165, 1.54) is 0 Å². The molecule has 0 aliphatic rings. The molecule has 84 valence electrons. The van der Waals surface area contributed by atoms with Crippen molar-refractivity contribution in [2.45, 2.75) is 39.5 Å². The van der Waals surface area contributed by atoms with Gasteiger partial charge in [0, 0.05) is 0 Å². The van der Waals surface area contributed by atoms with Crippen molar-refractivity contribution in [1.82, 2.24) is 0 Å². The number of benzene rings is 1. The van der Waals surface area contributed by atoms with Crippen molar-refractivity contribution in [3.05, 3.63) is 29.3 Å². The molecule has 15 heavy (non-hydrogen) atoms. The van der Waals surface area contributed by atoms with E-state index in [9.17, 15) is 10.4 Å². The van der Waals surface area contributed by atoms with Crippen LogP contribution in [0.1, 0.15) is 50.7 Å². The second kappa shape index (κ2) is 4.64. The van der Waals surface area contributed by atoms with Gasteiger partial charge in [-0.1, -0.05) is 45.9 Å². The van der Waals surface area contributed by atoms with Crippen LogP contribution in [-0.4, -0.2) is 10.4 Å². The molecule has 0 radical (unpaired) electrons. The van der Waals surface area contributed by atoms with Gasteiger partial charge in [-0.3, -0.25) is 10.4 Å². The highest BCUT2D eigenvalue weighted by Crippen LogP contribution is 2.33. The second-order valence-corrected chi connectivity index (χ2v) is 4.38. The molecule has 0 unspecified atom stereocenters. The topological polar surface area (TPSA) is 43.7 Å². The zero-order valence-corrected chi connectivity index (χ0v) is 9.73. The van der Waals surface area contributed by atoms with Gasteiger partial charge in [0.1, 0.15) is 5.69 Å². The molecule has 3 nitrogen and oxygen atoms in total. The van der Waals surface area contributed by atoms with Crippen LogP contribution in [0.2, 0.25) is 0 Å². The molecule has 1 aromatic carbocycles. The number of hydrogen-bond acceptors (Lipinski definition) is 3. The Bertz CT molecular complexity index is 306. The molecular formula is C12H19NO2. The van der Waals surface area contributed by atoms with E-state index in [-0.39, 0.29) is 17.1 Å². The number of para-hydroxylation sites is 1. The highest BCUT2D eigenvalue weighted by Gasteiger charge is 2.16. The highest BCUT2D eigenvalue weighted by atomic mass is 16.8. The summed E-state index contributed by atoms with van der Waals surface area (Å²) in [5.74, 6) is 0.529. The Morgan fingerprint density at radius 3 is 1.60 bits per heavy atom. The molecule has 0 heterocycles. The lowest BCUT2D eigenvalue weighted by Gasteiger charge is -2.21. The second-order valence-electron chi connectivity index (χ2n) is 4.38. The van der Waals surface area contributed by atoms with Crippen LogP contribution >= 0.6 is 0 Å². The quantitative estimate of drug-likeness (QED) is 0.748. The largest absolute Gasteiger partial charge is 0.264 e. The first-order valence-corrected chi connectivity index (χ1v) is 5.25. The van der Waals surface area contributed by atoms with Crippen molar-refractivity contribution in [2.75, 3.05) is 5.23 Å². The van der Waals surface area contributed by atoms with Gasteiger partial charge in [0.2, 0.25) is 0 Å². The maximum Gasteiger partial charge on any atom is 0.101 e. The summed E-state index contributed by atoms with van der Waals surface area (Å²) in [6.07, 6.45) is 0. The van der Waals surface area contributed by atoms with Crippen LogP contribution in [-0.2, 0) is 0 Å². The molecule has 2 N–H and O–H groups in total. The van der Waals surface area contributed by atoms with E-state index >= 15 is 0 Å². The first-order valence-electron chi connectivity index (χ1n) is 5.25. The number of anilines is 1. The van der Waals surface area contributed by atoms with E-state index in [1.807, 2.05) is 45.9 Å². The van der Waals surface area contributed by atoms with Crippen LogP contribution in [0, 0.1) is 0 Å². The average molecular weight is 209 g/mol. The summed E-state index contributed by atoms with van der Waals surface area (Å²) in [5, 5.41) is 18.8. The van der Waals surface area contributed by atoms with Gasteiger partial charge in [-0.25, -0.2) is 0 Å². The van der Waals surface area contributed by atoms with E-state index in [2.05, 4.69) is 0 Å². The van der Waals surface area contributed by atoms with Crippen LogP contribution in [0.4, 0.5) is 5.69 Å². The Labute approximate surface area is 90.9 Å². The smallest absolute Gasteiger partial charge is 0.101 e. The SMILES string of the molecule is CC(C)c1cccc(C(C)C)c1N(O)O. The molecule has 0 saturated carbocycles. The molecule has 0 amide bonds. The van der Waals surface area contributed by atoms with Crippen LogP contribution in [0.3, 0.4) is 0 Å². The Morgan fingerprint density at radius 1 is 0.933 bits per heavy atom. The van der Waals surface area contributed by atoms with Crippen molar-refractivity contribution in [3.8, 4) is 0 Å². The number of rotatable bonds is 3. The highest BCUT2D eigenvalue weighted by molar-refractivity contribution is 5.58. The molecule has 0 spiro atoms. The third-order valence-electron chi connectivity index (χ3n) is 2.54. The predicted octanol–water partition coefficient (Wildman–Crippen LogP) is 3.52. The van der Waals surface area contributed by atoms with Crippen molar-refractivity contribution < 1.29 is 10.4 Å². The maximum absolute atomic E-state index is 9.27. The average Bonchev–Trinajstić information content (AvgIpc) is 2.16. The summed E-state index contributed by atoms with van der Waals surface area (Å²) in [6, 6.07) is 5.80. The Morgan fingerprint density at radius 2 is 1.33 bits per heavy atom. The van der Waals surface area contributed by atoms with Crippen molar-refractivity contribution >= 4 is 5.69 Å². The fourth-order valence-corrected chi connectivity index (χ4v) is 1.74. The zero-order valence-electron chi connectivity index (χ0n) is 9.73. The third kappa shape index (κ3) is 2.49. The van der Waals surface area contributed by atoms with E-state index in [1.54, 1.807) is 0 Å². The summed E-state index contributed by atoms with van der Waals surface area (Å²) in [6.45, 7) is 8.14. The van der Waals surface area contributed by atoms with Crippen molar-refractivity contribution in [2.24, 2.45) is 0 Å². The van der Waals surface area contributed by atoms with Gasteiger partial charge in [0.25, 0.3) is 0 Å². The fraction of sp³-hybridized carbons (Fsp3) is 0.500. The van der Waals surface area contributed by atoms with Gasteiger partial charge in [-0.2, -0.15) is 0 Å².